The third-order valence-electron chi connectivity index (χ3n) is 2.09. The maximum absolute atomic E-state index is 11.5. The highest BCUT2D eigenvalue weighted by molar-refractivity contribution is 7.14. The van der Waals surface area contributed by atoms with E-state index in [1.54, 1.807) is 32.9 Å². The zero-order chi connectivity index (χ0) is 16.0. The first kappa shape index (κ1) is 17.0. The summed E-state index contributed by atoms with van der Waals surface area (Å²) in [5, 5.41) is 15.1. The fourth-order valence-electron chi connectivity index (χ4n) is 1.35. The van der Waals surface area contributed by atoms with Crippen LogP contribution in [0.2, 0.25) is 0 Å². The fraction of sp³-hybridized carbons (Fsp3) is 0.462. The van der Waals surface area contributed by atoms with Crippen LogP contribution in [0.4, 0.5) is 4.79 Å². The van der Waals surface area contributed by atoms with Crippen molar-refractivity contribution in [3.8, 4) is 0 Å². The number of oxime groups is 1. The number of alkyl carbamates (subject to hydrolysis) is 1. The minimum Gasteiger partial charge on any atom is -0.476 e. The summed E-state index contributed by atoms with van der Waals surface area (Å²) in [7, 11) is 1.28. The van der Waals surface area contributed by atoms with Crippen molar-refractivity contribution in [1.82, 2.24) is 5.32 Å². The molecule has 0 atom stereocenters. The molecule has 0 saturated heterocycles. The maximum atomic E-state index is 11.5. The normalized spacial score (nSPS) is 11.9. The first-order valence-electron chi connectivity index (χ1n) is 6.13. The molecule has 0 aliphatic rings. The van der Waals surface area contributed by atoms with Crippen LogP contribution in [-0.4, -0.2) is 35.6 Å². The smallest absolute Gasteiger partial charge is 0.407 e. The third-order valence-corrected chi connectivity index (χ3v) is 3.18. The molecule has 0 unspecified atom stereocenters. The number of ether oxygens (including phenoxy) is 1. The molecule has 0 saturated carbocycles. The average molecular weight is 314 g/mol. The molecule has 21 heavy (non-hydrogen) atoms. The van der Waals surface area contributed by atoms with E-state index in [1.807, 2.05) is 0 Å². The molecule has 7 nitrogen and oxygen atoms in total. The lowest BCUT2D eigenvalue weighted by molar-refractivity contribution is -0.129. The van der Waals surface area contributed by atoms with Crippen LogP contribution >= 0.6 is 11.3 Å². The number of thiophene rings is 1. The van der Waals surface area contributed by atoms with Crippen LogP contribution in [-0.2, 0) is 20.9 Å². The maximum Gasteiger partial charge on any atom is 0.407 e. The molecule has 0 radical (unpaired) electrons. The number of aliphatic carboxylic acids is 1. The van der Waals surface area contributed by atoms with E-state index < -0.39 is 17.7 Å². The highest BCUT2D eigenvalue weighted by Crippen LogP contribution is 2.18. The zero-order valence-corrected chi connectivity index (χ0v) is 13.1. The molecular weight excluding hydrogens is 296 g/mol. The van der Waals surface area contributed by atoms with Gasteiger partial charge in [-0.05, 0) is 32.9 Å². The van der Waals surface area contributed by atoms with Gasteiger partial charge in [-0.3, -0.25) is 0 Å². The van der Waals surface area contributed by atoms with Crippen LogP contribution in [0.15, 0.2) is 17.3 Å². The molecule has 1 rings (SSSR count). The van der Waals surface area contributed by atoms with E-state index in [1.165, 1.54) is 18.4 Å². The van der Waals surface area contributed by atoms with E-state index in [4.69, 9.17) is 9.84 Å². The van der Waals surface area contributed by atoms with Crippen molar-refractivity contribution in [3.05, 3.63) is 21.9 Å². The summed E-state index contributed by atoms with van der Waals surface area (Å²) in [5.74, 6) is -1.18. The quantitative estimate of drug-likeness (QED) is 0.641. The summed E-state index contributed by atoms with van der Waals surface area (Å²) in [6.45, 7) is 5.57. The number of carboxylic acids is 1. The summed E-state index contributed by atoms with van der Waals surface area (Å²) in [4.78, 5) is 28.3. The molecule has 0 spiro atoms. The molecule has 1 heterocycles. The minimum atomic E-state index is -1.18. The Balaban J connectivity index is 2.66. The molecule has 0 aliphatic heterocycles. The van der Waals surface area contributed by atoms with E-state index in [2.05, 4.69) is 15.3 Å². The molecule has 0 aliphatic carbocycles. The topological polar surface area (TPSA) is 97.2 Å². The highest BCUT2D eigenvalue weighted by Gasteiger charge is 2.18. The predicted octanol–water partition coefficient (Wildman–Crippen LogP) is 2.21. The molecule has 0 bridgehead atoms. The average Bonchev–Trinajstić information content (AvgIpc) is 2.79. The van der Waals surface area contributed by atoms with E-state index in [-0.39, 0.29) is 12.3 Å². The second-order valence-corrected chi connectivity index (χ2v) is 6.22. The highest BCUT2D eigenvalue weighted by atomic mass is 32.1. The number of carbonyl (C=O) groups excluding carboxylic acids is 1. The van der Waals surface area contributed by atoms with E-state index in [0.717, 1.165) is 4.88 Å². The van der Waals surface area contributed by atoms with Crippen molar-refractivity contribution in [3.63, 3.8) is 0 Å². The van der Waals surface area contributed by atoms with Gasteiger partial charge in [-0.1, -0.05) is 5.16 Å². The van der Waals surface area contributed by atoms with E-state index in [0.29, 0.717) is 4.88 Å². The molecule has 2 N–H and O–H groups in total. The van der Waals surface area contributed by atoms with Gasteiger partial charge in [0.25, 0.3) is 0 Å². The SMILES string of the molecule is CON=C(C(=O)O)c1ccc(CNC(=O)OC(C)(C)C)s1. The lowest BCUT2D eigenvalue weighted by Gasteiger charge is -2.19. The van der Waals surface area contributed by atoms with Crippen LogP contribution in [0, 0.1) is 0 Å². The van der Waals surface area contributed by atoms with Crippen LogP contribution in [0.3, 0.4) is 0 Å². The Hall–Kier alpha value is -2.09. The summed E-state index contributed by atoms with van der Waals surface area (Å²) >= 11 is 1.21. The second-order valence-electron chi connectivity index (χ2n) is 5.05. The Morgan fingerprint density at radius 3 is 2.57 bits per heavy atom. The van der Waals surface area contributed by atoms with Crippen LogP contribution in [0.1, 0.15) is 30.5 Å². The number of amides is 1. The zero-order valence-electron chi connectivity index (χ0n) is 12.3. The third kappa shape index (κ3) is 5.82. The Morgan fingerprint density at radius 1 is 1.38 bits per heavy atom. The van der Waals surface area contributed by atoms with Crippen LogP contribution in [0.25, 0.3) is 0 Å². The number of carboxylic acid groups (broad SMARTS) is 1. The van der Waals surface area contributed by atoms with Crippen molar-refractivity contribution in [2.24, 2.45) is 5.16 Å². The number of hydrogen-bond acceptors (Lipinski definition) is 6. The van der Waals surface area contributed by atoms with Crippen molar-refractivity contribution in [2.45, 2.75) is 32.9 Å². The van der Waals surface area contributed by atoms with Gasteiger partial charge in [0.2, 0.25) is 5.71 Å². The minimum absolute atomic E-state index is 0.175. The molecule has 116 valence electrons. The van der Waals surface area contributed by atoms with Crippen molar-refractivity contribution >= 4 is 29.1 Å². The van der Waals surface area contributed by atoms with Crippen LogP contribution < -0.4 is 5.32 Å². The standard InChI is InChI=1S/C13H18N2O5S/c1-13(2,3)20-12(18)14-7-8-5-6-9(21-8)10(11(16)17)15-19-4/h5-6H,7H2,1-4H3,(H,14,18)(H,16,17). The molecule has 0 fully saturated rings. The molecule has 0 aromatic carbocycles. The molecular formula is C13H18N2O5S. The number of hydrogen-bond donors (Lipinski definition) is 2. The van der Waals surface area contributed by atoms with Crippen molar-refractivity contribution < 1.29 is 24.3 Å². The van der Waals surface area contributed by atoms with Gasteiger partial charge in [-0.25, -0.2) is 9.59 Å². The lowest BCUT2D eigenvalue weighted by atomic mass is 10.2. The van der Waals surface area contributed by atoms with Gasteiger partial charge in [0.05, 0.1) is 11.4 Å². The number of nitrogens with zero attached hydrogens (tertiary/aromatic N) is 1. The lowest BCUT2D eigenvalue weighted by Crippen LogP contribution is -2.31. The van der Waals surface area contributed by atoms with Gasteiger partial charge < -0.3 is 20.0 Å². The summed E-state index contributed by atoms with van der Waals surface area (Å²) < 4.78 is 5.11. The van der Waals surface area contributed by atoms with Gasteiger partial charge in [-0.2, -0.15) is 0 Å². The predicted molar refractivity (Wildman–Crippen MR) is 78.6 cm³/mol. The van der Waals surface area contributed by atoms with Crippen LogP contribution in [0.5, 0.6) is 0 Å². The number of carbonyl (C=O) groups is 2. The Kier molecular flexibility index (Phi) is 5.71. The van der Waals surface area contributed by atoms with Crippen molar-refractivity contribution in [1.29, 1.82) is 0 Å². The van der Waals surface area contributed by atoms with Crippen molar-refractivity contribution in [2.75, 3.05) is 7.11 Å². The van der Waals surface area contributed by atoms with Gasteiger partial charge in [0.15, 0.2) is 0 Å². The van der Waals surface area contributed by atoms with Gasteiger partial charge in [0, 0.05) is 4.88 Å². The summed E-state index contributed by atoms with van der Waals surface area (Å²) in [5.41, 5.74) is -0.738. The monoisotopic (exact) mass is 314 g/mol. The number of rotatable bonds is 5. The number of nitrogens with one attached hydrogen (secondary N) is 1. The van der Waals surface area contributed by atoms with Gasteiger partial charge in [0.1, 0.15) is 12.7 Å². The molecule has 1 amide bonds. The Morgan fingerprint density at radius 2 is 2.05 bits per heavy atom. The summed E-state index contributed by atoms with van der Waals surface area (Å²) in [6, 6.07) is 3.33. The van der Waals surface area contributed by atoms with Gasteiger partial charge >= 0.3 is 12.1 Å². The molecule has 8 heteroatoms. The Bertz CT molecular complexity index is 545. The first-order chi connectivity index (χ1) is 9.73. The van der Waals surface area contributed by atoms with E-state index >= 15 is 0 Å². The van der Waals surface area contributed by atoms with E-state index in [9.17, 15) is 9.59 Å². The molecule has 1 aromatic heterocycles. The largest absolute Gasteiger partial charge is 0.476 e. The first-order valence-corrected chi connectivity index (χ1v) is 6.95. The van der Waals surface area contributed by atoms with Gasteiger partial charge in [-0.15, -0.1) is 11.3 Å². The second kappa shape index (κ2) is 7.07. The molecule has 1 aromatic rings. The Labute approximate surface area is 126 Å². The fourth-order valence-corrected chi connectivity index (χ4v) is 2.27. The summed E-state index contributed by atoms with van der Waals surface area (Å²) in [6.07, 6.45) is -0.526.